The van der Waals surface area contributed by atoms with Crippen molar-refractivity contribution in [3.05, 3.63) is 33.9 Å². The molecule has 20 heavy (non-hydrogen) atoms. The zero-order valence-corrected chi connectivity index (χ0v) is 12.4. The minimum Gasteiger partial charge on any atom is -0.486 e. The molecule has 1 aromatic carbocycles. The molecule has 0 aliphatic rings. The van der Waals surface area contributed by atoms with Crippen molar-refractivity contribution < 1.29 is 18.1 Å². The summed E-state index contributed by atoms with van der Waals surface area (Å²) in [6.07, 6.45) is 0. The number of sulfonamides is 1. The Kier molecular flexibility index (Phi) is 4.72. The van der Waals surface area contributed by atoms with Crippen molar-refractivity contribution in [1.29, 1.82) is 0 Å². The van der Waals surface area contributed by atoms with Crippen LogP contribution in [0.15, 0.2) is 18.2 Å². The summed E-state index contributed by atoms with van der Waals surface area (Å²) in [6.45, 7) is 5.03. The third-order valence-corrected chi connectivity index (χ3v) is 3.77. The van der Waals surface area contributed by atoms with Crippen LogP contribution in [-0.2, 0) is 10.0 Å². The summed E-state index contributed by atoms with van der Waals surface area (Å²) in [7, 11) is -3.64. The number of hydrogen-bond donors (Lipinski definition) is 1. The minimum absolute atomic E-state index is 0.00905. The van der Waals surface area contributed by atoms with Gasteiger partial charge in [-0.2, -0.15) is 0 Å². The Hall–Kier alpha value is -1.67. The highest BCUT2D eigenvalue weighted by Gasteiger charge is 2.27. The standard InChI is InChI=1S/C12H18N2O5S/c1-9-5-4-6-10(14(15)16)11(9)19-7-12(2,3)8-20(13,17)18/h4-6H,7-8H2,1-3H3,(H2,13,17,18). The molecule has 0 unspecified atom stereocenters. The van der Waals surface area contributed by atoms with Crippen molar-refractivity contribution in [3.8, 4) is 5.75 Å². The molecule has 0 aliphatic carbocycles. The summed E-state index contributed by atoms with van der Waals surface area (Å²) in [4.78, 5) is 10.4. The Balaban J connectivity index is 2.93. The first-order valence-corrected chi connectivity index (χ1v) is 7.61. The second-order valence-electron chi connectivity index (χ2n) is 5.44. The third kappa shape index (κ3) is 4.78. The van der Waals surface area contributed by atoms with E-state index in [1.807, 2.05) is 0 Å². The second kappa shape index (κ2) is 5.76. The van der Waals surface area contributed by atoms with Crippen LogP contribution in [0.25, 0.3) is 0 Å². The quantitative estimate of drug-likeness (QED) is 0.633. The second-order valence-corrected chi connectivity index (χ2v) is 7.05. The molecule has 0 amide bonds. The third-order valence-electron chi connectivity index (χ3n) is 2.59. The number of rotatable bonds is 6. The number of nitro benzene ring substituents is 1. The highest BCUT2D eigenvalue weighted by molar-refractivity contribution is 7.89. The lowest BCUT2D eigenvalue weighted by molar-refractivity contribution is -0.386. The predicted molar refractivity (Wildman–Crippen MR) is 75.1 cm³/mol. The van der Waals surface area contributed by atoms with Crippen LogP contribution < -0.4 is 9.88 Å². The number of ether oxygens (including phenoxy) is 1. The molecule has 7 nitrogen and oxygen atoms in total. The first-order valence-electron chi connectivity index (χ1n) is 5.89. The lowest BCUT2D eigenvalue weighted by Crippen LogP contribution is -2.33. The predicted octanol–water partition coefficient (Wildman–Crippen LogP) is 1.60. The number of primary sulfonamides is 1. The van der Waals surface area contributed by atoms with Crippen LogP contribution in [0.2, 0.25) is 0 Å². The molecule has 0 fully saturated rings. The summed E-state index contributed by atoms with van der Waals surface area (Å²) in [5, 5.41) is 15.9. The number of nitrogens with two attached hydrogens (primary N) is 1. The summed E-state index contributed by atoms with van der Waals surface area (Å²) in [6, 6.07) is 4.60. The van der Waals surface area contributed by atoms with E-state index >= 15 is 0 Å². The van der Waals surface area contributed by atoms with Gasteiger partial charge in [-0.25, -0.2) is 13.6 Å². The van der Waals surface area contributed by atoms with Crippen molar-refractivity contribution in [2.75, 3.05) is 12.4 Å². The van der Waals surface area contributed by atoms with E-state index in [0.717, 1.165) is 0 Å². The van der Waals surface area contributed by atoms with Crippen molar-refractivity contribution in [2.45, 2.75) is 20.8 Å². The zero-order valence-electron chi connectivity index (χ0n) is 11.6. The summed E-state index contributed by atoms with van der Waals surface area (Å²) < 4.78 is 27.7. The summed E-state index contributed by atoms with van der Waals surface area (Å²) in [5.74, 6) is -0.111. The van der Waals surface area contributed by atoms with E-state index in [0.29, 0.717) is 5.56 Å². The number of para-hydroxylation sites is 1. The van der Waals surface area contributed by atoms with Gasteiger partial charge < -0.3 is 4.74 Å². The van der Waals surface area contributed by atoms with E-state index in [1.165, 1.54) is 6.07 Å². The van der Waals surface area contributed by atoms with Crippen molar-refractivity contribution >= 4 is 15.7 Å². The van der Waals surface area contributed by atoms with Gasteiger partial charge in [0.05, 0.1) is 17.3 Å². The Morgan fingerprint density at radius 1 is 1.40 bits per heavy atom. The maximum absolute atomic E-state index is 11.1. The largest absolute Gasteiger partial charge is 0.486 e. The maximum atomic E-state index is 11.1. The van der Waals surface area contributed by atoms with Crippen LogP contribution in [0.4, 0.5) is 5.69 Å². The van der Waals surface area contributed by atoms with Crippen LogP contribution in [0, 0.1) is 22.5 Å². The first-order chi connectivity index (χ1) is 9.02. The molecule has 0 saturated heterocycles. The zero-order chi connectivity index (χ0) is 15.6. The number of aryl methyl sites for hydroxylation is 1. The van der Waals surface area contributed by atoms with E-state index in [9.17, 15) is 18.5 Å². The molecule has 0 aromatic heterocycles. The number of nitrogens with zero attached hydrogens (tertiary/aromatic N) is 1. The van der Waals surface area contributed by atoms with Gasteiger partial charge >= 0.3 is 5.69 Å². The van der Waals surface area contributed by atoms with E-state index in [2.05, 4.69) is 0 Å². The molecule has 0 radical (unpaired) electrons. The SMILES string of the molecule is Cc1cccc([N+](=O)[O-])c1OCC(C)(C)CS(N)(=O)=O. The molecule has 0 atom stereocenters. The highest BCUT2D eigenvalue weighted by Crippen LogP contribution is 2.31. The molecule has 8 heteroatoms. The monoisotopic (exact) mass is 302 g/mol. The molecule has 0 heterocycles. The van der Waals surface area contributed by atoms with Gasteiger partial charge in [-0.05, 0) is 12.5 Å². The van der Waals surface area contributed by atoms with Crippen molar-refractivity contribution in [3.63, 3.8) is 0 Å². The summed E-state index contributed by atoms with van der Waals surface area (Å²) in [5.41, 5.74) is -0.272. The Labute approximate surface area is 117 Å². The Bertz CT molecular complexity index is 610. The first kappa shape index (κ1) is 16.4. The lowest BCUT2D eigenvalue weighted by Gasteiger charge is -2.23. The number of benzene rings is 1. The smallest absolute Gasteiger partial charge is 0.311 e. The fourth-order valence-electron chi connectivity index (χ4n) is 1.82. The Morgan fingerprint density at radius 2 is 2.00 bits per heavy atom. The van der Waals surface area contributed by atoms with Crippen LogP contribution >= 0.6 is 0 Å². The van der Waals surface area contributed by atoms with Crippen LogP contribution in [0.3, 0.4) is 0 Å². The van der Waals surface area contributed by atoms with Gasteiger partial charge in [-0.1, -0.05) is 26.0 Å². The van der Waals surface area contributed by atoms with Gasteiger partial charge in [0.2, 0.25) is 10.0 Å². The minimum atomic E-state index is -3.64. The van der Waals surface area contributed by atoms with Gasteiger partial charge in [0.25, 0.3) is 0 Å². The topological polar surface area (TPSA) is 113 Å². The van der Waals surface area contributed by atoms with E-state index in [-0.39, 0.29) is 23.8 Å². The molecular formula is C12H18N2O5S. The molecule has 2 N–H and O–H groups in total. The summed E-state index contributed by atoms with van der Waals surface area (Å²) >= 11 is 0. The average molecular weight is 302 g/mol. The molecule has 1 aromatic rings. The van der Waals surface area contributed by atoms with Gasteiger partial charge in [0, 0.05) is 11.5 Å². The molecule has 112 valence electrons. The van der Waals surface area contributed by atoms with Gasteiger partial charge in [-0.15, -0.1) is 0 Å². The van der Waals surface area contributed by atoms with Gasteiger partial charge in [0.15, 0.2) is 5.75 Å². The van der Waals surface area contributed by atoms with E-state index in [1.54, 1.807) is 32.9 Å². The van der Waals surface area contributed by atoms with Crippen molar-refractivity contribution in [2.24, 2.45) is 10.6 Å². The number of nitro groups is 1. The fourth-order valence-corrected chi connectivity index (χ4v) is 2.99. The molecule has 0 bridgehead atoms. The van der Waals surface area contributed by atoms with Crippen LogP contribution in [0.1, 0.15) is 19.4 Å². The lowest BCUT2D eigenvalue weighted by atomic mass is 9.98. The molecular weight excluding hydrogens is 284 g/mol. The van der Waals surface area contributed by atoms with Gasteiger partial charge in [-0.3, -0.25) is 10.1 Å². The Morgan fingerprint density at radius 3 is 2.50 bits per heavy atom. The number of hydrogen-bond acceptors (Lipinski definition) is 5. The van der Waals surface area contributed by atoms with Crippen LogP contribution in [-0.4, -0.2) is 25.7 Å². The molecule has 0 aliphatic heterocycles. The molecule has 1 rings (SSSR count). The van der Waals surface area contributed by atoms with Gasteiger partial charge in [0.1, 0.15) is 0 Å². The average Bonchev–Trinajstić information content (AvgIpc) is 2.23. The highest BCUT2D eigenvalue weighted by atomic mass is 32.2. The fraction of sp³-hybridized carbons (Fsp3) is 0.500. The van der Waals surface area contributed by atoms with E-state index in [4.69, 9.17) is 9.88 Å². The van der Waals surface area contributed by atoms with Crippen molar-refractivity contribution in [1.82, 2.24) is 0 Å². The van der Waals surface area contributed by atoms with Crippen LogP contribution in [0.5, 0.6) is 5.75 Å². The normalized spacial score (nSPS) is 12.2. The molecule has 0 saturated carbocycles. The maximum Gasteiger partial charge on any atom is 0.311 e. The molecule has 0 spiro atoms. The van der Waals surface area contributed by atoms with E-state index < -0.39 is 20.4 Å².